The summed E-state index contributed by atoms with van der Waals surface area (Å²) >= 11 is 5.98. The molecule has 0 saturated carbocycles. The first kappa shape index (κ1) is 25.1. The third-order valence-electron chi connectivity index (χ3n) is 5.85. The van der Waals surface area contributed by atoms with Gasteiger partial charge in [-0.25, -0.2) is 4.39 Å². The van der Waals surface area contributed by atoms with Crippen molar-refractivity contribution >= 4 is 40.5 Å². The molecule has 1 aromatic heterocycles. The van der Waals surface area contributed by atoms with Crippen LogP contribution in [0.3, 0.4) is 0 Å². The first-order valence-corrected chi connectivity index (χ1v) is 11.8. The highest BCUT2D eigenvalue weighted by Crippen LogP contribution is 2.30. The van der Waals surface area contributed by atoms with Crippen LogP contribution in [0.1, 0.15) is 27.2 Å². The number of hydrogen-bond acceptors (Lipinski definition) is 4. The molecule has 8 heteroatoms. The van der Waals surface area contributed by atoms with Crippen LogP contribution < -0.4 is 10.1 Å². The van der Waals surface area contributed by atoms with Crippen LogP contribution in [0.5, 0.6) is 5.75 Å². The van der Waals surface area contributed by atoms with E-state index in [9.17, 15) is 14.0 Å². The van der Waals surface area contributed by atoms with Crippen molar-refractivity contribution in [2.24, 2.45) is 4.99 Å². The van der Waals surface area contributed by atoms with Gasteiger partial charge in [-0.15, -0.1) is 0 Å². The number of carbonyl (C=O) groups is 2. The molecule has 0 bridgehead atoms. The van der Waals surface area contributed by atoms with Gasteiger partial charge in [0.1, 0.15) is 11.6 Å². The van der Waals surface area contributed by atoms with Gasteiger partial charge in [0.05, 0.1) is 25.6 Å². The highest BCUT2D eigenvalue weighted by molar-refractivity contribution is 6.30. The molecule has 1 amide bonds. The van der Waals surface area contributed by atoms with Gasteiger partial charge in [0.15, 0.2) is 0 Å². The number of halogens is 2. The predicted molar refractivity (Wildman–Crippen MR) is 140 cm³/mol. The Hall–Kier alpha value is -3.97. The maximum atomic E-state index is 13.4. The third kappa shape index (κ3) is 5.63. The molecule has 184 valence electrons. The van der Waals surface area contributed by atoms with Crippen molar-refractivity contribution in [2.45, 2.75) is 13.3 Å². The van der Waals surface area contributed by atoms with Crippen LogP contribution in [0.2, 0.25) is 5.02 Å². The zero-order valence-electron chi connectivity index (χ0n) is 19.9. The van der Waals surface area contributed by atoms with E-state index >= 15 is 0 Å². The minimum atomic E-state index is -0.302. The molecule has 1 N–H and O–H groups in total. The second-order valence-electron chi connectivity index (χ2n) is 8.21. The number of benzene rings is 3. The molecule has 0 atom stereocenters. The Kier molecular flexibility index (Phi) is 7.80. The molecular formula is C28H25ClFN3O3. The van der Waals surface area contributed by atoms with E-state index in [-0.39, 0.29) is 24.1 Å². The molecule has 0 aliphatic rings. The van der Waals surface area contributed by atoms with E-state index in [0.29, 0.717) is 40.6 Å². The Balaban J connectivity index is 1.51. The highest BCUT2D eigenvalue weighted by Gasteiger charge is 2.22. The number of ether oxygens (including phenoxy) is 1. The predicted octanol–water partition coefficient (Wildman–Crippen LogP) is 5.22. The van der Waals surface area contributed by atoms with Crippen LogP contribution in [-0.2, 0) is 11.2 Å². The maximum absolute atomic E-state index is 13.4. The van der Waals surface area contributed by atoms with Crippen LogP contribution in [0, 0.1) is 12.7 Å². The Bertz CT molecular complexity index is 1430. The van der Waals surface area contributed by atoms with Crippen LogP contribution in [0.25, 0.3) is 10.9 Å². The SMILES string of the molecule is COc1ccc2c(c1)c(CC(=O)NCCN=Cc1ccc(F)cc1)c(C)n2C(=O)c1ccc(Cl)cc1. The van der Waals surface area contributed by atoms with Crippen molar-refractivity contribution in [1.29, 1.82) is 0 Å². The summed E-state index contributed by atoms with van der Waals surface area (Å²) in [5, 5.41) is 4.19. The van der Waals surface area contributed by atoms with Gasteiger partial charge >= 0.3 is 0 Å². The number of carbonyl (C=O) groups excluding carboxylic acids is 2. The normalized spacial score (nSPS) is 11.2. The van der Waals surface area contributed by atoms with Crippen LogP contribution in [0.4, 0.5) is 4.39 Å². The minimum Gasteiger partial charge on any atom is -0.497 e. The van der Waals surface area contributed by atoms with Gasteiger partial charge in [0, 0.05) is 34.4 Å². The first-order valence-electron chi connectivity index (χ1n) is 11.4. The van der Waals surface area contributed by atoms with Crippen molar-refractivity contribution in [3.05, 3.63) is 100.0 Å². The highest BCUT2D eigenvalue weighted by atomic mass is 35.5. The lowest BCUT2D eigenvalue weighted by Gasteiger charge is -2.08. The van der Waals surface area contributed by atoms with Crippen LogP contribution in [0.15, 0.2) is 71.7 Å². The van der Waals surface area contributed by atoms with E-state index < -0.39 is 0 Å². The molecule has 0 aliphatic heterocycles. The molecule has 1 heterocycles. The molecule has 4 rings (SSSR count). The molecule has 0 aliphatic carbocycles. The van der Waals surface area contributed by atoms with Gasteiger partial charge in [-0.05, 0) is 72.6 Å². The Labute approximate surface area is 213 Å². The summed E-state index contributed by atoms with van der Waals surface area (Å²) in [4.78, 5) is 30.4. The fraction of sp³-hybridized carbons (Fsp3) is 0.179. The summed E-state index contributed by atoms with van der Waals surface area (Å²) < 4.78 is 20.0. The van der Waals surface area contributed by atoms with Gasteiger partial charge in [0.2, 0.25) is 5.91 Å². The molecule has 0 unspecified atom stereocenters. The summed E-state index contributed by atoms with van der Waals surface area (Å²) in [5.41, 5.74) is 3.40. The number of hydrogen-bond donors (Lipinski definition) is 1. The molecule has 4 aromatic rings. The fourth-order valence-corrected chi connectivity index (χ4v) is 4.12. The standard InChI is InChI=1S/C28H25ClFN3O3/c1-18-24(16-27(34)32-14-13-31-17-19-3-9-22(30)10-4-19)25-15-23(36-2)11-12-26(25)33(18)28(35)20-5-7-21(29)8-6-20/h3-12,15,17H,13-14,16H2,1-2H3,(H,32,34). The number of methoxy groups -OCH3 is 1. The average Bonchev–Trinajstić information content (AvgIpc) is 3.15. The van der Waals surface area contributed by atoms with Crippen molar-refractivity contribution < 1.29 is 18.7 Å². The van der Waals surface area contributed by atoms with E-state index in [1.807, 2.05) is 19.1 Å². The molecular weight excluding hydrogens is 481 g/mol. The van der Waals surface area contributed by atoms with E-state index in [0.717, 1.165) is 16.5 Å². The largest absolute Gasteiger partial charge is 0.497 e. The Morgan fingerprint density at radius 3 is 2.50 bits per heavy atom. The van der Waals surface area contributed by atoms with Gasteiger partial charge in [0.25, 0.3) is 5.91 Å². The number of rotatable bonds is 8. The summed E-state index contributed by atoms with van der Waals surface area (Å²) in [6.45, 7) is 2.56. The Morgan fingerprint density at radius 2 is 1.81 bits per heavy atom. The van der Waals surface area contributed by atoms with Gasteiger partial charge in [-0.2, -0.15) is 0 Å². The number of aliphatic imine (C=N–C) groups is 1. The smallest absolute Gasteiger partial charge is 0.262 e. The molecule has 3 aromatic carbocycles. The van der Waals surface area contributed by atoms with Crippen LogP contribution >= 0.6 is 11.6 Å². The number of nitrogens with zero attached hydrogens (tertiary/aromatic N) is 2. The molecule has 6 nitrogen and oxygen atoms in total. The second-order valence-corrected chi connectivity index (χ2v) is 8.64. The summed E-state index contributed by atoms with van der Waals surface area (Å²) in [7, 11) is 1.57. The lowest BCUT2D eigenvalue weighted by Crippen LogP contribution is -2.27. The zero-order chi connectivity index (χ0) is 25.7. The van der Waals surface area contributed by atoms with Crippen molar-refractivity contribution in [2.75, 3.05) is 20.2 Å². The summed E-state index contributed by atoms with van der Waals surface area (Å²) in [6.07, 6.45) is 1.73. The Morgan fingerprint density at radius 1 is 1.08 bits per heavy atom. The topological polar surface area (TPSA) is 72.7 Å². The number of nitrogens with one attached hydrogen (secondary N) is 1. The van der Waals surface area contributed by atoms with E-state index in [2.05, 4.69) is 10.3 Å². The van der Waals surface area contributed by atoms with Crippen LogP contribution in [-0.4, -0.2) is 42.8 Å². The lowest BCUT2D eigenvalue weighted by atomic mass is 10.1. The van der Waals surface area contributed by atoms with Gasteiger partial charge in [-0.1, -0.05) is 23.7 Å². The summed E-state index contributed by atoms with van der Waals surface area (Å²) in [5.74, 6) is -0.0593. The maximum Gasteiger partial charge on any atom is 0.262 e. The van der Waals surface area contributed by atoms with E-state index in [4.69, 9.17) is 16.3 Å². The second kappa shape index (κ2) is 11.2. The van der Waals surface area contributed by atoms with Crippen molar-refractivity contribution in [3.63, 3.8) is 0 Å². The summed E-state index contributed by atoms with van der Waals surface area (Å²) in [6, 6.07) is 18.2. The molecule has 0 radical (unpaired) electrons. The molecule has 0 saturated heterocycles. The monoisotopic (exact) mass is 505 g/mol. The van der Waals surface area contributed by atoms with E-state index in [1.54, 1.807) is 60.4 Å². The quantitative estimate of drug-likeness (QED) is 0.264. The first-order chi connectivity index (χ1) is 17.4. The minimum absolute atomic E-state index is 0.0953. The third-order valence-corrected chi connectivity index (χ3v) is 6.10. The molecule has 0 spiro atoms. The van der Waals surface area contributed by atoms with E-state index in [1.165, 1.54) is 12.1 Å². The molecule has 36 heavy (non-hydrogen) atoms. The van der Waals surface area contributed by atoms with Crippen molar-refractivity contribution in [3.8, 4) is 5.75 Å². The molecule has 0 fully saturated rings. The zero-order valence-corrected chi connectivity index (χ0v) is 20.7. The number of aromatic nitrogens is 1. The number of amides is 1. The lowest BCUT2D eigenvalue weighted by molar-refractivity contribution is -0.120. The fourth-order valence-electron chi connectivity index (χ4n) is 4.00. The van der Waals surface area contributed by atoms with Gasteiger partial charge in [-0.3, -0.25) is 19.1 Å². The van der Waals surface area contributed by atoms with Crippen molar-refractivity contribution in [1.82, 2.24) is 9.88 Å². The average molecular weight is 506 g/mol. The number of fused-ring (bicyclic) bond motifs is 1. The van der Waals surface area contributed by atoms with Gasteiger partial charge < -0.3 is 10.1 Å².